The topological polar surface area (TPSA) is 42.2 Å². The van der Waals surface area contributed by atoms with E-state index in [4.69, 9.17) is 5.73 Å². The standard InChI is InChI=1S/C11H15N3S/c1-3-14(4-2)9-6-5-8-11(10(9)12)15-7-13-8/h5-7H,3-4,12H2,1-2H3. The summed E-state index contributed by atoms with van der Waals surface area (Å²) in [5.41, 5.74) is 11.0. The van der Waals surface area contributed by atoms with E-state index in [2.05, 4.69) is 29.8 Å². The molecule has 0 unspecified atom stereocenters. The molecule has 80 valence electrons. The summed E-state index contributed by atoms with van der Waals surface area (Å²) in [5.74, 6) is 0. The first kappa shape index (κ1) is 10.2. The van der Waals surface area contributed by atoms with Crippen molar-refractivity contribution >= 4 is 32.9 Å². The molecule has 0 saturated heterocycles. The van der Waals surface area contributed by atoms with Gasteiger partial charge in [0.2, 0.25) is 0 Å². The molecule has 2 aromatic rings. The number of fused-ring (bicyclic) bond motifs is 1. The first-order chi connectivity index (χ1) is 7.27. The Hall–Kier alpha value is -1.29. The van der Waals surface area contributed by atoms with Gasteiger partial charge in [-0.2, -0.15) is 0 Å². The fraction of sp³-hybridized carbons (Fsp3) is 0.364. The van der Waals surface area contributed by atoms with Gasteiger partial charge >= 0.3 is 0 Å². The number of aromatic nitrogens is 1. The minimum Gasteiger partial charge on any atom is -0.396 e. The number of hydrogen-bond donors (Lipinski definition) is 1. The van der Waals surface area contributed by atoms with E-state index < -0.39 is 0 Å². The lowest BCUT2D eigenvalue weighted by Gasteiger charge is -2.22. The molecule has 0 aliphatic carbocycles. The van der Waals surface area contributed by atoms with E-state index in [0.717, 1.165) is 34.7 Å². The average Bonchev–Trinajstić information content (AvgIpc) is 2.71. The Morgan fingerprint density at radius 3 is 2.73 bits per heavy atom. The number of hydrogen-bond acceptors (Lipinski definition) is 4. The second-order valence-corrected chi connectivity index (χ2v) is 4.23. The maximum atomic E-state index is 6.14. The highest BCUT2D eigenvalue weighted by atomic mass is 32.1. The molecule has 2 rings (SSSR count). The summed E-state index contributed by atoms with van der Waals surface area (Å²) in [6, 6.07) is 4.10. The van der Waals surface area contributed by atoms with E-state index in [-0.39, 0.29) is 0 Å². The second kappa shape index (κ2) is 4.06. The Labute approximate surface area is 93.5 Å². The van der Waals surface area contributed by atoms with Gasteiger partial charge in [-0.15, -0.1) is 11.3 Å². The minimum atomic E-state index is 0.860. The van der Waals surface area contributed by atoms with Crippen LogP contribution in [0.5, 0.6) is 0 Å². The maximum absolute atomic E-state index is 6.14. The van der Waals surface area contributed by atoms with Crippen LogP contribution in [0.4, 0.5) is 11.4 Å². The number of nitrogens with two attached hydrogens (primary N) is 1. The van der Waals surface area contributed by atoms with Gasteiger partial charge in [0, 0.05) is 13.1 Å². The zero-order valence-electron chi connectivity index (χ0n) is 9.03. The SMILES string of the molecule is CCN(CC)c1ccc2ncsc2c1N. The highest BCUT2D eigenvalue weighted by Gasteiger charge is 2.10. The number of anilines is 2. The highest BCUT2D eigenvalue weighted by molar-refractivity contribution is 7.17. The molecule has 4 heteroatoms. The van der Waals surface area contributed by atoms with Crippen LogP contribution in [-0.2, 0) is 0 Å². The lowest BCUT2D eigenvalue weighted by Crippen LogP contribution is -2.22. The van der Waals surface area contributed by atoms with Crippen LogP contribution in [0.15, 0.2) is 17.6 Å². The number of benzene rings is 1. The maximum Gasteiger partial charge on any atom is 0.0834 e. The first-order valence-corrected chi connectivity index (χ1v) is 6.02. The van der Waals surface area contributed by atoms with E-state index in [1.807, 2.05) is 11.6 Å². The molecule has 0 spiro atoms. The van der Waals surface area contributed by atoms with Crippen molar-refractivity contribution in [2.45, 2.75) is 13.8 Å². The molecule has 1 aromatic carbocycles. The second-order valence-electron chi connectivity index (χ2n) is 3.37. The van der Waals surface area contributed by atoms with Gasteiger partial charge in [-0.25, -0.2) is 4.98 Å². The lowest BCUT2D eigenvalue weighted by molar-refractivity contribution is 0.868. The van der Waals surface area contributed by atoms with Crippen molar-refractivity contribution in [1.29, 1.82) is 0 Å². The first-order valence-electron chi connectivity index (χ1n) is 5.14. The zero-order valence-corrected chi connectivity index (χ0v) is 9.84. The van der Waals surface area contributed by atoms with Crippen molar-refractivity contribution in [2.75, 3.05) is 23.7 Å². The monoisotopic (exact) mass is 221 g/mol. The molecule has 1 heterocycles. The molecule has 15 heavy (non-hydrogen) atoms. The van der Waals surface area contributed by atoms with E-state index in [1.165, 1.54) is 0 Å². The van der Waals surface area contributed by atoms with Gasteiger partial charge in [0.15, 0.2) is 0 Å². The summed E-state index contributed by atoms with van der Waals surface area (Å²) < 4.78 is 1.10. The molecule has 0 fully saturated rings. The molecule has 0 radical (unpaired) electrons. The van der Waals surface area contributed by atoms with Crippen LogP contribution in [-0.4, -0.2) is 18.1 Å². The Bertz CT molecular complexity index is 460. The average molecular weight is 221 g/mol. The van der Waals surface area contributed by atoms with Gasteiger partial charge in [-0.1, -0.05) is 0 Å². The fourth-order valence-electron chi connectivity index (χ4n) is 1.78. The van der Waals surface area contributed by atoms with Crippen molar-refractivity contribution in [3.05, 3.63) is 17.6 Å². The Morgan fingerprint density at radius 2 is 2.07 bits per heavy atom. The van der Waals surface area contributed by atoms with Crippen LogP contribution < -0.4 is 10.6 Å². The highest BCUT2D eigenvalue weighted by Crippen LogP contribution is 2.33. The largest absolute Gasteiger partial charge is 0.396 e. The number of thiazole rings is 1. The van der Waals surface area contributed by atoms with Crippen molar-refractivity contribution in [1.82, 2.24) is 4.98 Å². The lowest BCUT2D eigenvalue weighted by atomic mass is 10.2. The van der Waals surface area contributed by atoms with Crippen molar-refractivity contribution < 1.29 is 0 Å². The van der Waals surface area contributed by atoms with Crippen LogP contribution >= 0.6 is 11.3 Å². The molecule has 1 aromatic heterocycles. The fourth-order valence-corrected chi connectivity index (χ4v) is 2.52. The van der Waals surface area contributed by atoms with Crippen LogP contribution in [0.3, 0.4) is 0 Å². The van der Waals surface area contributed by atoms with Gasteiger partial charge in [0.1, 0.15) is 0 Å². The van der Waals surface area contributed by atoms with Gasteiger partial charge in [-0.3, -0.25) is 0 Å². The molecule has 0 aliphatic rings. The van der Waals surface area contributed by atoms with Gasteiger partial charge < -0.3 is 10.6 Å². The van der Waals surface area contributed by atoms with Crippen LogP contribution in [0.2, 0.25) is 0 Å². The van der Waals surface area contributed by atoms with Gasteiger partial charge in [0.05, 0.1) is 27.1 Å². The Kier molecular flexibility index (Phi) is 2.77. The molecule has 0 atom stereocenters. The van der Waals surface area contributed by atoms with Crippen molar-refractivity contribution in [3.63, 3.8) is 0 Å². The summed E-state index contributed by atoms with van der Waals surface area (Å²) in [6.07, 6.45) is 0. The molecule has 0 aliphatic heterocycles. The van der Waals surface area contributed by atoms with Crippen LogP contribution in [0, 0.1) is 0 Å². The predicted octanol–water partition coefficient (Wildman–Crippen LogP) is 2.72. The molecule has 0 saturated carbocycles. The third-order valence-corrected chi connectivity index (χ3v) is 3.49. The van der Waals surface area contributed by atoms with E-state index in [9.17, 15) is 0 Å². The van der Waals surface area contributed by atoms with Crippen LogP contribution in [0.1, 0.15) is 13.8 Å². The normalized spacial score (nSPS) is 10.8. The summed E-state index contributed by atoms with van der Waals surface area (Å²) in [6.45, 7) is 6.23. The van der Waals surface area contributed by atoms with E-state index >= 15 is 0 Å². The molecule has 2 N–H and O–H groups in total. The van der Waals surface area contributed by atoms with E-state index in [0.29, 0.717) is 0 Å². The number of rotatable bonds is 3. The molecular weight excluding hydrogens is 206 g/mol. The summed E-state index contributed by atoms with van der Waals surface area (Å²) >= 11 is 1.60. The Balaban J connectivity index is 2.56. The van der Waals surface area contributed by atoms with Crippen molar-refractivity contribution in [2.24, 2.45) is 0 Å². The molecular formula is C11H15N3S. The van der Waals surface area contributed by atoms with Crippen LogP contribution in [0.25, 0.3) is 10.2 Å². The third kappa shape index (κ3) is 1.65. The summed E-state index contributed by atoms with van der Waals surface area (Å²) in [7, 11) is 0. The molecule has 0 bridgehead atoms. The Morgan fingerprint density at radius 1 is 1.33 bits per heavy atom. The minimum absolute atomic E-state index is 0.860. The zero-order chi connectivity index (χ0) is 10.8. The smallest absolute Gasteiger partial charge is 0.0834 e. The van der Waals surface area contributed by atoms with E-state index in [1.54, 1.807) is 11.3 Å². The summed E-state index contributed by atoms with van der Waals surface area (Å²) in [5, 5.41) is 0. The number of nitrogen functional groups attached to an aromatic ring is 1. The number of nitrogens with zero attached hydrogens (tertiary/aromatic N) is 2. The predicted molar refractivity (Wildman–Crippen MR) is 67.6 cm³/mol. The molecule has 3 nitrogen and oxygen atoms in total. The van der Waals surface area contributed by atoms with Crippen molar-refractivity contribution in [3.8, 4) is 0 Å². The molecule has 0 amide bonds. The quantitative estimate of drug-likeness (QED) is 0.810. The van der Waals surface area contributed by atoms with Gasteiger partial charge in [0.25, 0.3) is 0 Å². The van der Waals surface area contributed by atoms with Gasteiger partial charge in [-0.05, 0) is 26.0 Å². The summed E-state index contributed by atoms with van der Waals surface area (Å²) in [4.78, 5) is 6.51. The third-order valence-electron chi connectivity index (χ3n) is 2.62.